The van der Waals surface area contributed by atoms with Gasteiger partial charge in [0.05, 0.1) is 12.2 Å². The molecule has 2 amide bonds. The van der Waals surface area contributed by atoms with Crippen molar-refractivity contribution in [2.75, 3.05) is 11.9 Å². The fourth-order valence-electron chi connectivity index (χ4n) is 1.68. The van der Waals surface area contributed by atoms with E-state index in [1.54, 1.807) is 0 Å². The predicted octanol–water partition coefficient (Wildman–Crippen LogP) is 1.90. The summed E-state index contributed by atoms with van der Waals surface area (Å²) in [5, 5.41) is 14.3. The van der Waals surface area contributed by atoms with E-state index in [9.17, 15) is 4.79 Å². The van der Waals surface area contributed by atoms with Crippen molar-refractivity contribution in [3.05, 3.63) is 42.5 Å². The lowest BCUT2D eigenvalue weighted by molar-refractivity contribution is 0.253. The van der Waals surface area contributed by atoms with Gasteiger partial charge in [-0.3, -0.25) is 5.41 Å². The average Bonchev–Trinajstić information content (AvgIpc) is 2.37. The van der Waals surface area contributed by atoms with Crippen molar-refractivity contribution in [1.82, 2.24) is 5.32 Å². The summed E-state index contributed by atoms with van der Waals surface area (Å²) < 4.78 is 0. The topological polar surface area (TPSA) is 91.0 Å². The Bertz CT molecular complexity index is 589. The first-order chi connectivity index (χ1) is 8.66. The van der Waals surface area contributed by atoms with Crippen LogP contribution in [0.25, 0.3) is 10.8 Å². The fourth-order valence-corrected chi connectivity index (χ4v) is 1.68. The zero-order chi connectivity index (χ0) is 13.0. The van der Waals surface area contributed by atoms with Crippen LogP contribution in [0.1, 0.15) is 0 Å². The quantitative estimate of drug-likeness (QED) is 0.489. The lowest BCUT2D eigenvalue weighted by atomic mass is 10.1. The largest absolute Gasteiger partial charge is 0.386 e. The zero-order valence-corrected chi connectivity index (χ0v) is 9.73. The molecule has 0 saturated carbocycles. The lowest BCUT2D eigenvalue weighted by Gasteiger charge is -2.09. The number of hydrogen-bond acceptors (Lipinski definition) is 2. The summed E-state index contributed by atoms with van der Waals surface area (Å²) in [6.07, 6.45) is 0. The summed E-state index contributed by atoms with van der Waals surface area (Å²) in [6, 6.07) is 13.1. The standard InChI is InChI=1S/C13H14N4O/c14-12(15)8-16-13(18)17-11-7-3-5-9-4-1-2-6-10(9)11/h1-7H,8H2,(H3,14,15)(H2,16,17,18). The number of nitrogens with one attached hydrogen (secondary N) is 3. The van der Waals surface area contributed by atoms with Gasteiger partial charge in [0.2, 0.25) is 0 Å². The number of urea groups is 1. The number of anilines is 1. The Morgan fingerprint density at radius 3 is 2.67 bits per heavy atom. The molecule has 0 bridgehead atoms. The molecule has 0 atom stereocenters. The number of benzene rings is 2. The van der Waals surface area contributed by atoms with Gasteiger partial charge in [0, 0.05) is 5.39 Å². The molecule has 0 aliphatic heterocycles. The minimum Gasteiger partial charge on any atom is -0.386 e. The summed E-state index contributed by atoms with van der Waals surface area (Å²) >= 11 is 0. The normalized spacial score (nSPS) is 10.0. The monoisotopic (exact) mass is 242 g/mol. The summed E-state index contributed by atoms with van der Waals surface area (Å²) in [6.45, 7) is 0.0383. The van der Waals surface area contributed by atoms with Crippen molar-refractivity contribution < 1.29 is 4.79 Å². The van der Waals surface area contributed by atoms with Crippen molar-refractivity contribution >= 4 is 28.3 Å². The Labute approximate surface area is 104 Å². The van der Waals surface area contributed by atoms with Gasteiger partial charge in [-0.1, -0.05) is 36.4 Å². The molecule has 5 N–H and O–H groups in total. The highest BCUT2D eigenvalue weighted by Gasteiger charge is 2.04. The second-order valence-electron chi connectivity index (χ2n) is 3.86. The van der Waals surface area contributed by atoms with Gasteiger partial charge in [-0.05, 0) is 11.5 Å². The Morgan fingerprint density at radius 1 is 1.17 bits per heavy atom. The molecule has 5 heteroatoms. The smallest absolute Gasteiger partial charge is 0.319 e. The van der Waals surface area contributed by atoms with Crippen molar-refractivity contribution in [3.63, 3.8) is 0 Å². The van der Waals surface area contributed by atoms with Gasteiger partial charge in [0.1, 0.15) is 5.84 Å². The van der Waals surface area contributed by atoms with Crippen LogP contribution in [-0.2, 0) is 0 Å². The molecule has 0 aromatic heterocycles. The maximum atomic E-state index is 11.6. The van der Waals surface area contributed by atoms with Crippen molar-refractivity contribution in [3.8, 4) is 0 Å². The average molecular weight is 242 g/mol. The Morgan fingerprint density at radius 2 is 1.89 bits per heavy atom. The maximum Gasteiger partial charge on any atom is 0.319 e. The van der Waals surface area contributed by atoms with E-state index in [-0.39, 0.29) is 18.4 Å². The van der Waals surface area contributed by atoms with E-state index in [2.05, 4.69) is 10.6 Å². The van der Waals surface area contributed by atoms with Crippen LogP contribution in [0.2, 0.25) is 0 Å². The molecular formula is C13H14N4O. The molecule has 5 nitrogen and oxygen atoms in total. The van der Waals surface area contributed by atoms with Gasteiger partial charge in [0.15, 0.2) is 0 Å². The third-order valence-electron chi connectivity index (χ3n) is 2.48. The first-order valence-corrected chi connectivity index (χ1v) is 5.52. The Balaban J connectivity index is 2.16. The molecule has 0 radical (unpaired) electrons. The Hall–Kier alpha value is -2.56. The van der Waals surface area contributed by atoms with Crippen molar-refractivity contribution in [2.24, 2.45) is 5.73 Å². The van der Waals surface area contributed by atoms with Gasteiger partial charge in [-0.15, -0.1) is 0 Å². The second kappa shape index (κ2) is 5.18. The van der Waals surface area contributed by atoms with Crippen LogP contribution in [0.5, 0.6) is 0 Å². The van der Waals surface area contributed by atoms with E-state index in [1.165, 1.54) is 0 Å². The molecule has 2 aromatic rings. The van der Waals surface area contributed by atoms with E-state index < -0.39 is 0 Å². The lowest BCUT2D eigenvalue weighted by Crippen LogP contribution is -2.35. The number of amidine groups is 1. The number of carbonyl (C=O) groups excluding carboxylic acids is 1. The van der Waals surface area contributed by atoms with Gasteiger partial charge < -0.3 is 16.4 Å². The fraction of sp³-hybridized carbons (Fsp3) is 0.0769. The second-order valence-corrected chi connectivity index (χ2v) is 3.86. The zero-order valence-electron chi connectivity index (χ0n) is 9.73. The number of amides is 2. The first-order valence-electron chi connectivity index (χ1n) is 5.52. The number of hydrogen-bond donors (Lipinski definition) is 4. The van der Waals surface area contributed by atoms with Gasteiger partial charge in [-0.25, -0.2) is 4.79 Å². The van der Waals surface area contributed by atoms with Crippen LogP contribution in [0, 0.1) is 5.41 Å². The van der Waals surface area contributed by atoms with E-state index in [4.69, 9.17) is 11.1 Å². The number of nitrogens with two attached hydrogens (primary N) is 1. The Kier molecular flexibility index (Phi) is 3.43. The molecule has 0 aliphatic carbocycles. The molecule has 0 fully saturated rings. The minimum absolute atomic E-state index is 0.0383. The molecule has 0 spiro atoms. The maximum absolute atomic E-state index is 11.6. The van der Waals surface area contributed by atoms with Crippen LogP contribution in [0.3, 0.4) is 0 Å². The van der Waals surface area contributed by atoms with Crippen molar-refractivity contribution in [2.45, 2.75) is 0 Å². The summed E-state index contributed by atoms with van der Waals surface area (Å²) in [5.74, 6) is -0.0805. The van der Waals surface area contributed by atoms with E-state index in [1.807, 2.05) is 42.5 Å². The molecule has 0 saturated heterocycles. The number of rotatable bonds is 3. The molecule has 18 heavy (non-hydrogen) atoms. The summed E-state index contributed by atoms with van der Waals surface area (Å²) in [7, 11) is 0. The van der Waals surface area contributed by atoms with Gasteiger partial charge in [-0.2, -0.15) is 0 Å². The highest BCUT2D eigenvalue weighted by molar-refractivity contribution is 6.02. The minimum atomic E-state index is -0.374. The molecule has 0 heterocycles. The third kappa shape index (κ3) is 2.76. The van der Waals surface area contributed by atoms with Crippen LogP contribution in [0.4, 0.5) is 10.5 Å². The molecule has 0 aliphatic rings. The SMILES string of the molecule is N=C(N)CNC(=O)Nc1cccc2ccccc12. The van der Waals surface area contributed by atoms with Crippen molar-refractivity contribution in [1.29, 1.82) is 5.41 Å². The first kappa shape index (κ1) is 11.9. The van der Waals surface area contributed by atoms with E-state index in [0.717, 1.165) is 16.5 Å². The van der Waals surface area contributed by atoms with Crippen LogP contribution >= 0.6 is 0 Å². The highest BCUT2D eigenvalue weighted by atomic mass is 16.2. The molecule has 2 aromatic carbocycles. The molecule has 2 rings (SSSR count). The highest BCUT2D eigenvalue weighted by Crippen LogP contribution is 2.22. The molecule has 92 valence electrons. The number of carbonyl (C=O) groups is 1. The molecular weight excluding hydrogens is 228 g/mol. The van der Waals surface area contributed by atoms with E-state index >= 15 is 0 Å². The van der Waals surface area contributed by atoms with Crippen LogP contribution in [0.15, 0.2) is 42.5 Å². The summed E-state index contributed by atoms with van der Waals surface area (Å²) in [5.41, 5.74) is 5.90. The van der Waals surface area contributed by atoms with E-state index in [0.29, 0.717) is 0 Å². The third-order valence-corrected chi connectivity index (χ3v) is 2.48. The van der Waals surface area contributed by atoms with Gasteiger partial charge in [0.25, 0.3) is 0 Å². The van der Waals surface area contributed by atoms with Crippen LogP contribution < -0.4 is 16.4 Å². The molecule has 0 unspecified atom stereocenters. The van der Waals surface area contributed by atoms with Crippen LogP contribution in [-0.4, -0.2) is 18.4 Å². The number of fused-ring (bicyclic) bond motifs is 1. The summed E-state index contributed by atoms with van der Waals surface area (Å²) in [4.78, 5) is 11.6. The predicted molar refractivity (Wildman–Crippen MR) is 72.9 cm³/mol. The van der Waals surface area contributed by atoms with Gasteiger partial charge >= 0.3 is 6.03 Å².